The first kappa shape index (κ1) is 14.7. The zero-order valence-electron chi connectivity index (χ0n) is 9.50. The van der Waals surface area contributed by atoms with Crippen LogP contribution in [-0.2, 0) is 14.6 Å². The molecule has 0 unspecified atom stereocenters. The highest BCUT2D eigenvalue weighted by Gasteiger charge is 2.06. The number of hydrogen-bond acceptors (Lipinski definition) is 3. The van der Waals surface area contributed by atoms with Crippen LogP contribution in [0.3, 0.4) is 0 Å². The summed E-state index contributed by atoms with van der Waals surface area (Å²) in [5.41, 5.74) is 0.762. The summed E-state index contributed by atoms with van der Waals surface area (Å²) in [7, 11) is -3.20. The van der Waals surface area contributed by atoms with E-state index in [1.165, 1.54) is 18.2 Å². The van der Waals surface area contributed by atoms with E-state index in [0.29, 0.717) is 4.48 Å². The highest BCUT2D eigenvalue weighted by molar-refractivity contribution is 9.15. The largest absolute Gasteiger partial charge is 0.478 e. The van der Waals surface area contributed by atoms with Crippen molar-refractivity contribution in [1.82, 2.24) is 0 Å². The van der Waals surface area contributed by atoms with Crippen LogP contribution in [0.2, 0.25) is 0 Å². The Bertz CT molecular complexity index is 597. The van der Waals surface area contributed by atoms with Gasteiger partial charge in [0.1, 0.15) is 0 Å². The summed E-state index contributed by atoms with van der Waals surface area (Å²) in [6.07, 6.45) is 5.11. The van der Waals surface area contributed by atoms with E-state index in [0.717, 1.165) is 17.9 Å². The quantitative estimate of drug-likeness (QED) is 0.680. The van der Waals surface area contributed by atoms with Crippen LogP contribution in [0, 0.1) is 0 Å². The number of sulfone groups is 1. The van der Waals surface area contributed by atoms with Crippen molar-refractivity contribution >= 4 is 36.2 Å². The van der Waals surface area contributed by atoms with Gasteiger partial charge in [-0.05, 0) is 23.8 Å². The number of carboxylic acid groups (broad SMARTS) is 1. The summed E-state index contributed by atoms with van der Waals surface area (Å²) in [5, 5.41) is 8.42. The Morgan fingerprint density at radius 1 is 1.28 bits per heavy atom. The molecule has 0 spiro atoms. The number of rotatable bonds is 4. The van der Waals surface area contributed by atoms with E-state index in [-0.39, 0.29) is 4.90 Å². The fourth-order valence-electron chi connectivity index (χ4n) is 1.17. The summed E-state index contributed by atoms with van der Waals surface area (Å²) < 4.78 is 23.2. The molecule has 0 saturated heterocycles. The molecule has 0 bridgehead atoms. The number of hydrogen-bond donors (Lipinski definition) is 1. The monoisotopic (exact) mass is 330 g/mol. The zero-order valence-corrected chi connectivity index (χ0v) is 11.9. The van der Waals surface area contributed by atoms with Crippen molar-refractivity contribution < 1.29 is 18.3 Å². The van der Waals surface area contributed by atoms with E-state index in [4.69, 9.17) is 5.11 Å². The third-order valence-corrected chi connectivity index (χ3v) is 3.89. The number of carbonyl (C=O) groups is 1. The molecule has 1 N–H and O–H groups in total. The number of halogens is 1. The smallest absolute Gasteiger partial charge is 0.328 e. The van der Waals surface area contributed by atoms with Crippen molar-refractivity contribution in [2.75, 3.05) is 6.26 Å². The van der Waals surface area contributed by atoms with Crippen LogP contribution < -0.4 is 0 Å². The van der Waals surface area contributed by atoms with Crippen molar-refractivity contribution in [3.8, 4) is 0 Å². The van der Waals surface area contributed by atoms with Gasteiger partial charge in [-0.25, -0.2) is 13.2 Å². The third kappa shape index (κ3) is 4.46. The van der Waals surface area contributed by atoms with E-state index in [2.05, 4.69) is 15.9 Å². The normalized spacial score (nSPS) is 12.9. The van der Waals surface area contributed by atoms with Crippen LogP contribution >= 0.6 is 15.9 Å². The predicted octanol–water partition coefficient (Wildman–Crippen LogP) is 2.47. The van der Waals surface area contributed by atoms with Gasteiger partial charge in [0.25, 0.3) is 0 Å². The standard InChI is InChI=1S/C12H11BrO4S/c1-18(16,17)10-7-5-9(6-8-10)11(13)3-2-4-12(14)15/h2-8H,1H3,(H,14,15)/b4-2+,11-3-. The minimum Gasteiger partial charge on any atom is -0.478 e. The molecular weight excluding hydrogens is 320 g/mol. The number of benzene rings is 1. The van der Waals surface area contributed by atoms with Crippen LogP contribution in [0.5, 0.6) is 0 Å². The molecule has 0 aliphatic heterocycles. The Kier molecular flexibility index (Phi) is 4.86. The second-order valence-corrected chi connectivity index (χ2v) is 6.38. The Morgan fingerprint density at radius 3 is 2.28 bits per heavy atom. The Balaban J connectivity index is 2.96. The third-order valence-electron chi connectivity index (χ3n) is 2.04. The van der Waals surface area contributed by atoms with Crippen molar-refractivity contribution in [3.63, 3.8) is 0 Å². The highest BCUT2D eigenvalue weighted by Crippen LogP contribution is 2.22. The molecule has 6 heteroatoms. The van der Waals surface area contributed by atoms with Gasteiger partial charge >= 0.3 is 5.97 Å². The van der Waals surface area contributed by atoms with Crippen molar-refractivity contribution in [1.29, 1.82) is 0 Å². The molecule has 4 nitrogen and oxygen atoms in total. The topological polar surface area (TPSA) is 71.4 Å². The maximum Gasteiger partial charge on any atom is 0.328 e. The fraction of sp³-hybridized carbons (Fsp3) is 0.0833. The van der Waals surface area contributed by atoms with Gasteiger partial charge in [0.2, 0.25) is 0 Å². The first-order chi connectivity index (χ1) is 8.30. The van der Waals surface area contributed by atoms with Gasteiger partial charge in [-0.1, -0.05) is 34.1 Å². The molecule has 0 heterocycles. The summed E-state index contributed by atoms with van der Waals surface area (Å²) in [4.78, 5) is 10.5. The molecular formula is C12H11BrO4S. The summed E-state index contributed by atoms with van der Waals surface area (Å²) in [6.45, 7) is 0. The van der Waals surface area contributed by atoms with E-state index in [1.54, 1.807) is 18.2 Å². The fourth-order valence-corrected chi connectivity index (χ4v) is 2.22. The number of carboxylic acids is 1. The SMILES string of the molecule is CS(=O)(=O)c1ccc(/C(Br)=C/C=C/C(=O)O)cc1. The lowest BCUT2D eigenvalue weighted by molar-refractivity contribution is -0.131. The van der Waals surface area contributed by atoms with Crippen molar-refractivity contribution in [3.05, 3.63) is 48.1 Å². The molecule has 1 aromatic rings. The molecule has 0 atom stereocenters. The Labute approximate surface area is 114 Å². The van der Waals surface area contributed by atoms with Crippen LogP contribution in [0.1, 0.15) is 5.56 Å². The van der Waals surface area contributed by atoms with E-state index < -0.39 is 15.8 Å². The molecule has 0 amide bonds. The average molecular weight is 331 g/mol. The number of aliphatic carboxylic acids is 1. The van der Waals surface area contributed by atoms with E-state index in [1.807, 2.05) is 0 Å². The molecule has 0 radical (unpaired) electrons. The first-order valence-electron chi connectivity index (χ1n) is 4.88. The van der Waals surface area contributed by atoms with Gasteiger partial charge in [0.15, 0.2) is 9.84 Å². The summed E-state index contributed by atoms with van der Waals surface area (Å²) in [6, 6.07) is 6.29. The van der Waals surface area contributed by atoms with E-state index >= 15 is 0 Å². The maximum atomic E-state index is 11.3. The van der Waals surface area contributed by atoms with Crippen LogP contribution in [0.15, 0.2) is 47.4 Å². The van der Waals surface area contributed by atoms with Gasteiger partial charge in [0, 0.05) is 16.8 Å². The molecule has 0 aliphatic carbocycles. The minimum absolute atomic E-state index is 0.243. The molecule has 18 heavy (non-hydrogen) atoms. The summed E-state index contributed by atoms with van der Waals surface area (Å²) >= 11 is 3.28. The number of allylic oxidation sites excluding steroid dienone is 2. The lowest BCUT2D eigenvalue weighted by Gasteiger charge is -2.01. The Morgan fingerprint density at radius 2 is 1.83 bits per heavy atom. The van der Waals surface area contributed by atoms with Gasteiger partial charge in [-0.3, -0.25) is 0 Å². The van der Waals surface area contributed by atoms with Crippen LogP contribution in [0.25, 0.3) is 4.48 Å². The van der Waals surface area contributed by atoms with Crippen LogP contribution in [0.4, 0.5) is 0 Å². The summed E-state index contributed by atoms with van der Waals surface area (Å²) in [5.74, 6) is -1.03. The lowest BCUT2D eigenvalue weighted by Crippen LogP contribution is -1.96. The molecule has 1 aromatic carbocycles. The van der Waals surface area contributed by atoms with Gasteiger partial charge < -0.3 is 5.11 Å². The average Bonchev–Trinajstić information content (AvgIpc) is 2.27. The molecule has 0 saturated carbocycles. The lowest BCUT2D eigenvalue weighted by atomic mass is 10.2. The highest BCUT2D eigenvalue weighted by atomic mass is 79.9. The zero-order chi connectivity index (χ0) is 13.8. The first-order valence-corrected chi connectivity index (χ1v) is 7.56. The van der Waals surface area contributed by atoms with Crippen molar-refractivity contribution in [2.45, 2.75) is 4.90 Å². The minimum atomic E-state index is -3.20. The van der Waals surface area contributed by atoms with Crippen molar-refractivity contribution in [2.24, 2.45) is 0 Å². The molecule has 0 aromatic heterocycles. The second kappa shape index (κ2) is 5.97. The molecule has 0 fully saturated rings. The maximum absolute atomic E-state index is 11.3. The molecule has 1 rings (SSSR count). The van der Waals surface area contributed by atoms with Gasteiger partial charge in [0.05, 0.1) is 4.90 Å². The molecule has 96 valence electrons. The van der Waals surface area contributed by atoms with Gasteiger partial charge in [-0.15, -0.1) is 0 Å². The van der Waals surface area contributed by atoms with Crippen LogP contribution in [-0.4, -0.2) is 25.7 Å². The van der Waals surface area contributed by atoms with Gasteiger partial charge in [-0.2, -0.15) is 0 Å². The second-order valence-electron chi connectivity index (χ2n) is 3.51. The predicted molar refractivity (Wildman–Crippen MR) is 73.2 cm³/mol. The van der Waals surface area contributed by atoms with E-state index in [9.17, 15) is 13.2 Å². The molecule has 0 aliphatic rings. The Hall–Kier alpha value is -1.40.